The van der Waals surface area contributed by atoms with Gasteiger partial charge in [0, 0.05) is 30.0 Å². The van der Waals surface area contributed by atoms with Crippen molar-refractivity contribution in [2.24, 2.45) is 0 Å². The summed E-state index contributed by atoms with van der Waals surface area (Å²) in [5.74, 6) is -0.239. The molecule has 3 aromatic rings. The molecular weight excluding hydrogens is 434 g/mol. The average Bonchev–Trinajstić information content (AvgIpc) is 2.78. The van der Waals surface area contributed by atoms with Gasteiger partial charge in [-0.2, -0.15) is 4.31 Å². The van der Waals surface area contributed by atoms with Crippen molar-refractivity contribution in [2.75, 3.05) is 13.1 Å². The monoisotopic (exact) mass is 457 g/mol. The number of hydrogen-bond acceptors (Lipinski definition) is 4. The summed E-state index contributed by atoms with van der Waals surface area (Å²) in [5, 5.41) is 4.27. The van der Waals surface area contributed by atoms with Crippen LogP contribution in [0.1, 0.15) is 40.9 Å². The van der Waals surface area contributed by atoms with E-state index in [9.17, 15) is 13.2 Å². The fraction of sp³-hybridized carbons (Fsp3) is 0.304. The molecule has 1 fully saturated rings. The lowest BCUT2D eigenvalue weighted by Crippen LogP contribution is -2.35. The van der Waals surface area contributed by atoms with Crippen molar-refractivity contribution in [3.8, 4) is 0 Å². The molecule has 1 amide bonds. The van der Waals surface area contributed by atoms with Crippen LogP contribution < -0.4 is 5.32 Å². The molecule has 6 nitrogen and oxygen atoms in total. The molecule has 0 saturated carbocycles. The Morgan fingerprint density at radius 1 is 1.06 bits per heavy atom. The minimum Gasteiger partial charge on any atom is -0.348 e. The van der Waals surface area contributed by atoms with Crippen molar-refractivity contribution in [3.05, 3.63) is 70.4 Å². The Hall–Kier alpha value is -2.48. The number of pyridine rings is 1. The van der Waals surface area contributed by atoms with Gasteiger partial charge in [0.25, 0.3) is 5.91 Å². The van der Waals surface area contributed by atoms with Crippen LogP contribution in [0.3, 0.4) is 0 Å². The average molecular weight is 458 g/mol. The van der Waals surface area contributed by atoms with Crippen molar-refractivity contribution in [1.82, 2.24) is 14.6 Å². The third-order valence-corrected chi connectivity index (χ3v) is 7.69. The topological polar surface area (TPSA) is 79.4 Å². The van der Waals surface area contributed by atoms with E-state index >= 15 is 0 Å². The minimum atomic E-state index is -3.46. The summed E-state index contributed by atoms with van der Waals surface area (Å²) in [6, 6.07) is 13.9. The van der Waals surface area contributed by atoms with Gasteiger partial charge in [-0.3, -0.25) is 9.78 Å². The van der Waals surface area contributed by atoms with E-state index in [1.807, 2.05) is 6.07 Å². The van der Waals surface area contributed by atoms with Gasteiger partial charge in [-0.25, -0.2) is 8.42 Å². The predicted octanol–water partition coefficient (Wildman–Crippen LogP) is 4.30. The fourth-order valence-electron chi connectivity index (χ4n) is 3.78. The number of rotatable bonds is 5. The number of piperidine rings is 1. The zero-order valence-corrected chi connectivity index (χ0v) is 18.8. The maximum atomic E-state index is 12.8. The highest BCUT2D eigenvalue weighted by Crippen LogP contribution is 2.22. The molecule has 0 spiro atoms. The summed E-state index contributed by atoms with van der Waals surface area (Å²) in [7, 11) is -3.46. The number of sulfonamides is 1. The van der Waals surface area contributed by atoms with Crippen molar-refractivity contribution in [2.45, 2.75) is 37.6 Å². The SMILES string of the molecule is Cc1nc2ccc(Cl)cc2cc1C(=O)NCc1ccc(S(=O)(=O)N2CCCCC2)cc1. The number of halogens is 1. The van der Waals surface area contributed by atoms with Gasteiger partial charge in [0.2, 0.25) is 10.0 Å². The highest BCUT2D eigenvalue weighted by Gasteiger charge is 2.25. The lowest BCUT2D eigenvalue weighted by atomic mass is 10.1. The second-order valence-electron chi connectivity index (χ2n) is 7.75. The number of benzene rings is 2. The number of aromatic nitrogens is 1. The van der Waals surface area contributed by atoms with E-state index in [1.54, 1.807) is 53.7 Å². The molecule has 0 aliphatic carbocycles. The van der Waals surface area contributed by atoms with Gasteiger partial charge < -0.3 is 5.32 Å². The number of amides is 1. The molecule has 1 aliphatic rings. The Labute approximate surface area is 187 Å². The Balaban J connectivity index is 1.45. The van der Waals surface area contributed by atoms with Crippen LogP contribution in [0.4, 0.5) is 0 Å². The highest BCUT2D eigenvalue weighted by atomic mass is 35.5. The van der Waals surface area contributed by atoms with Crippen molar-refractivity contribution >= 4 is 38.4 Å². The lowest BCUT2D eigenvalue weighted by Gasteiger charge is -2.25. The summed E-state index contributed by atoms with van der Waals surface area (Å²) in [4.78, 5) is 17.5. The zero-order chi connectivity index (χ0) is 22.0. The van der Waals surface area contributed by atoms with E-state index in [0.29, 0.717) is 29.4 Å². The van der Waals surface area contributed by atoms with Gasteiger partial charge >= 0.3 is 0 Å². The van der Waals surface area contributed by atoms with Crippen LogP contribution in [0, 0.1) is 6.92 Å². The number of carbonyl (C=O) groups is 1. The number of hydrogen-bond donors (Lipinski definition) is 1. The number of nitrogens with zero attached hydrogens (tertiary/aromatic N) is 2. The van der Waals surface area contributed by atoms with Gasteiger partial charge in [0.15, 0.2) is 0 Å². The molecule has 0 bridgehead atoms. The molecule has 0 radical (unpaired) electrons. The smallest absolute Gasteiger partial charge is 0.253 e. The molecular formula is C23H24ClN3O3S. The van der Waals surface area contributed by atoms with Gasteiger partial charge in [0.05, 0.1) is 21.7 Å². The molecule has 2 heterocycles. The first-order chi connectivity index (χ1) is 14.8. The number of aryl methyl sites for hydroxylation is 1. The number of nitrogens with one attached hydrogen (secondary N) is 1. The van der Waals surface area contributed by atoms with Crippen molar-refractivity contribution in [3.63, 3.8) is 0 Å². The first kappa shape index (κ1) is 21.7. The summed E-state index contributed by atoms with van der Waals surface area (Å²) in [5.41, 5.74) is 2.72. The van der Waals surface area contributed by atoms with Crippen LogP contribution in [0.25, 0.3) is 10.9 Å². The maximum Gasteiger partial charge on any atom is 0.253 e. The third-order valence-electron chi connectivity index (χ3n) is 5.54. The molecule has 1 aliphatic heterocycles. The first-order valence-corrected chi connectivity index (χ1v) is 12.1. The predicted molar refractivity (Wildman–Crippen MR) is 122 cm³/mol. The van der Waals surface area contributed by atoms with E-state index in [1.165, 1.54) is 0 Å². The van der Waals surface area contributed by atoms with Crippen LogP contribution in [-0.2, 0) is 16.6 Å². The van der Waals surface area contributed by atoms with Crippen molar-refractivity contribution < 1.29 is 13.2 Å². The van der Waals surface area contributed by atoms with Gasteiger partial charge in [-0.15, -0.1) is 0 Å². The lowest BCUT2D eigenvalue weighted by molar-refractivity contribution is 0.0950. The van der Waals surface area contributed by atoms with E-state index < -0.39 is 10.0 Å². The highest BCUT2D eigenvalue weighted by molar-refractivity contribution is 7.89. The number of carbonyl (C=O) groups excluding carboxylic acids is 1. The fourth-order valence-corrected chi connectivity index (χ4v) is 5.48. The van der Waals surface area contributed by atoms with Gasteiger partial charge in [-0.1, -0.05) is 30.2 Å². The zero-order valence-electron chi connectivity index (χ0n) is 17.3. The third kappa shape index (κ3) is 4.74. The number of fused-ring (bicyclic) bond motifs is 1. The van der Waals surface area contributed by atoms with Gasteiger partial charge in [0.1, 0.15) is 0 Å². The minimum absolute atomic E-state index is 0.239. The van der Waals surface area contributed by atoms with E-state index in [-0.39, 0.29) is 17.3 Å². The summed E-state index contributed by atoms with van der Waals surface area (Å²) >= 11 is 6.05. The molecule has 2 aromatic carbocycles. The molecule has 31 heavy (non-hydrogen) atoms. The molecule has 1 aromatic heterocycles. The standard InChI is InChI=1S/C23H24ClN3O3S/c1-16-21(14-18-13-19(24)7-10-22(18)26-16)23(28)25-15-17-5-8-20(9-6-17)31(29,30)27-11-3-2-4-12-27/h5-10,13-14H,2-4,11-12,15H2,1H3,(H,25,28). The van der Waals surface area contributed by atoms with Crippen LogP contribution in [0.2, 0.25) is 5.02 Å². The second kappa shape index (κ2) is 8.94. The second-order valence-corrected chi connectivity index (χ2v) is 10.1. The summed E-state index contributed by atoms with van der Waals surface area (Å²) in [6.07, 6.45) is 2.88. The van der Waals surface area contributed by atoms with E-state index in [2.05, 4.69) is 10.3 Å². The quantitative estimate of drug-likeness (QED) is 0.619. The largest absolute Gasteiger partial charge is 0.348 e. The Morgan fingerprint density at radius 3 is 2.48 bits per heavy atom. The molecule has 0 unspecified atom stereocenters. The summed E-state index contributed by atoms with van der Waals surface area (Å²) in [6.45, 7) is 3.23. The maximum absolute atomic E-state index is 12.8. The molecule has 162 valence electrons. The first-order valence-electron chi connectivity index (χ1n) is 10.3. The van der Waals surface area contributed by atoms with Crippen LogP contribution in [0.5, 0.6) is 0 Å². The Kier molecular flexibility index (Phi) is 6.27. The van der Waals surface area contributed by atoms with Crippen LogP contribution in [0.15, 0.2) is 53.4 Å². The molecule has 0 atom stereocenters. The normalized spacial score (nSPS) is 15.2. The molecule has 1 saturated heterocycles. The molecule has 1 N–H and O–H groups in total. The van der Waals surface area contributed by atoms with Crippen LogP contribution in [-0.4, -0.2) is 36.7 Å². The molecule has 4 rings (SSSR count). The Morgan fingerprint density at radius 2 is 1.77 bits per heavy atom. The molecule has 8 heteroatoms. The van der Waals surface area contributed by atoms with Crippen LogP contribution >= 0.6 is 11.6 Å². The van der Waals surface area contributed by atoms with Gasteiger partial charge in [-0.05, 0) is 61.7 Å². The Bertz CT molecular complexity index is 1220. The van der Waals surface area contributed by atoms with E-state index in [4.69, 9.17) is 11.6 Å². The van der Waals surface area contributed by atoms with Crippen molar-refractivity contribution in [1.29, 1.82) is 0 Å². The summed E-state index contributed by atoms with van der Waals surface area (Å²) < 4.78 is 27.1. The van der Waals surface area contributed by atoms with E-state index in [0.717, 1.165) is 35.7 Å².